The van der Waals surface area contributed by atoms with Crippen LogP contribution in [0.5, 0.6) is 0 Å². The fraction of sp³-hybridized carbons (Fsp3) is 0.250. The zero-order valence-corrected chi connectivity index (χ0v) is 14.5. The summed E-state index contributed by atoms with van der Waals surface area (Å²) < 4.78 is 9.80. The van der Waals surface area contributed by atoms with Gasteiger partial charge in [-0.1, -0.05) is 60.7 Å². The number of carbonyl (C=O) groups excluding carboxylic acids is 3. The molecule has 26 heavy (non-hydrogen) atoms. The van der Waals surface area contributed by atoms with Crippen LogP contribution in [0.1, 0.15) is 28.8 Å². The van der Waals surface area contributed by atoms with Gasteiger partial charge in [-0.3, -0.25) is 4.79 Å². The van der Waals surface area contributed by atoms with Gasteiger partial charge in [0.2, 0.25) is 0 Å². The van der Waals surface area contributed by atoms with Gasteiger partial charge in [-0.05, 0) is 12.0 Å². The third kappa shape index (κ3) is 6.05. The maximum absolute atomic E-state index is 12.2. The van der Waals surface area contributed by atoms with Gasteiger partial charge in [0.05, 0.1) is 7.11 Å². The Balaban J connectivity index is 1.87. The van der Waals surface area contributed by atoms with Gasteiger partial charge >= 0.3 is 12.1 Å². The molecule has 6 heteroatoms. The third-order valence-electron chi connectivity index (χ3n) is 3.75. The number of benzene rings is 2. The highest BCUT2D eigenvalue weighted by Crippen LogP contribution is 2.09. The van der Waals surface area contributed by atoms with Crippen LogP contribution in [0.25, 0.3) is 0 Å². The van der Waals surface area contributed by atoms with Crippen molar-refractivity contribution in [3.8, 4) is 0 Å². The summed E-state index contributed by atoms with van der Waals surface area (Å²) in [5.41, 5.74) is 1.39. The molecule has 136 valence electrons. The summed E-state index contributed by atoms with van der Waals surface area (Å²) in [6, 6.07) is 17.0. The highest BCUT2D eigenvalue weighted by atomic mass is 16.6. The molecular weight excluding hydrogens is 334 g/mol. The Morgan fingerprint density at radius 3 is 2.19 bits per heavy atom. The maximum Gasteiger partial charge on any atom is 0.408 e. The SMILES string of the molecule is COC(=O)[C@@H](CCC(=O)c1ccccc1)NC(=O)OCc1ccccc1. The van der Waals surface area contributed by atoms with Crippen LogP contribution in [0.4, 0.5) is 4.79 Å². The molecule has 0 saturated carbocycles. The third-order valence-corrected chi connectivity index (χ3v) is 3.75. The fourth-order valence-corrected chi connectivity index (χ4v) is 2.34. The largest absolute Gasteiger partial charge is 0.467 e. The van der Waals surface area contributed by atoms with Gasteiger partial charge in [0.1, 0.15) is 12.6 Å². The Morgan fingerprint density at radius 2 is 1.58 bits per heavy atom. The predicted molar refractivity (Wildman–Crippen MR) is 95.6 cm³/mol. The molecule has 1 N–H and O–H groups in total. The molecule has 2 aromatic carbocycles. The van der Waals surface area contributed by atoms with Crippen LogP contribution in [-0.4, -0.2) is 31.0 Å². The van der Waals surface area contributed by atoms with E-state index in [4.69, 9.17) is 9.47 Å². The predicted octanol–water partition coefficient (Wildman–Crippen LogP) is 3.12. The lowest BCUT2D eigenvalue weighted by molar-refractivity contribution is -0.143. The molecular formula is C20H21NO5. The van der Waals surface area contributed by atoms with Crippen LogP contribution in [-0.2, 0) is 20.9 Å². The van der Waals surface area contributed by atoms with Crippen molar-refractivity contribution in [3.05, 3.63) is 71.8 Å². The number of alkyl carbamates (subject to hydrolysis) is 1. The first-order valence-corrected chi connectivity index (χ1v) is 8.23. The lowest BCUT2D eigenvalue weighted by atomic mass is 10.0. The number of rotatable bonds is 8. The number of hydrogen-bond acceptors (Lipinski definition) is 5. The molecule has 0 radical (unpaired) electrons. The van der Waals surface area contributed by atoms with Crippen LogP contribution in [0.15, 0.2) is 60.7 Å². The van der Waals surface area contributed by atoms with Crippen LogP contribution in [0.2, 0.25) is 0 Å². The van der Waals surface area contributed by atoms with Gasteiger partial charge in [0.25, 0.3) is 0 Å². The minimum atomic E-state index is -0.948. The standard InChI is InChI=1S/C20H21NO5/c1-25-19(23)17(12-13-18(22)16-10-6-3-7-11-16)21-20(24)26-14-15-8-4-2-5-9-15/h2-11,17H,12-14H2,1H3,(H,21,24)/t17-/m1/s1. The van der Waals surface area contributed by atoms with E-state index in [0.717, 1.165) is 5.56 Å². The quantitative estimate of drug-likeness (QED) is 0.581. The minimum absolute atomic E-state index is 0.0868. The second-order valence-electron chi connectivity index (χ2n) is 5.61. The number of ketones is 1. The summed E-state index contributed by atoms with van der Waals surface area (Å²) >= 11 is 0. The minimum Gasteiger partial charge on any atom is -0.467 e. The molecule has 0 unspecified atom stereocenters. The van der Waals surface area contributed by atoms with Crippen molar-refractivity contribution in [2.24, 2.45) is 0 Å². The van der Waals surface area contributed by atoms with E-state index in [9.17, 15) is 14.4 Å². The van der Waals surface area contributed by atoms with Gasteiger partial charge in [-0.2, -0.15) is 0 Å². The van der Waals surface area contributed by atoms with Crippen molar-refractivity contribution in [2.75, 3.05) is 7.11 Å². The number of carbonyl (C=O) groups is 3. The average molecular weight is 355 g/mol. The molecule has 0 saturated heterocycles. The van der Waals surface area contributed by atoms with Crippen LogP contribution in [0.3, 0.4) is 0 Å². The molecule has 0 aliphatic carbocycles. The van der Waals surface area contributed by atoms with Crippen LogP contribution < -0.4 is 5.32 Å². The molecule has 0 fully saturated rings. The van der Waals surface area contributed by atoms with Crippen molar-refractivity contribution in [1.82, 2.24) is 5.32 Å². The summed E-state index contributed by atoms with van der Waals surface area (Å²) in [6.07, 6.45) is -0.514. The fourth-order valence-electron chi connectivity index (χ4n) is 2.34. The molecule has 1 atom stereocenters. The number of Topliss-reactive ketones (excluding diaryl/α,β-unsaturated/α-hetero) is 1. The highest BCUT2D eigenvalue weighted by molar-refractivity contribution is 5.96. The van der Waals surface area contributed by atoms with E-state index in [-0.39, 0.29) is 25.2 Å². The molecule has 2 rings (SSSR count). The van der Waals surface area contributed by atoms with E-state index >= 15 is 0 Å². The number of esters is 1. The summed E-state index contributed by atoms with van der Waals surface area (Å²) in [5.74, 6) is -0.735. The first-order chi connectivity index (χ1) is 12.6. The topological polar surface area (TPSA) is 81.7 Å². The number of amides is 1. The van der Waals surface area contributed by atoms with E-state index in [1.54, 1.807) is 24.3 Å². The normalized spacial score (nSPS) is 11.3. The second kappa shape index (κ2) is 9.98. The highest BCUT2D eigenvalue weighted by Gasteiger charge is 2.23. The summed E-state index contributed by atoms with van der Waals surface area (Å²) in [7, 11) is 1.23. The van der Waals surface area contributed by atoms with Crippen molar-refractivity contribution in [3.63, 3.8) is 0 Å². The van der Waals surface area contributed by atoms with E-state index in [2.05, 4.69) is 5.32 Å². The van der Waals surface area contributed by atoms with Gasteiger partial charge < -0.3 is 14.8 Å². The molecule has 2 aromatic rings. The number of ether oxygens (including phenoxy) is 2. The Bertz CT molecular complexity index is 730. The number of methoxy groups -OCH3 is 1. The zero-order valence-electron chi connectivity index (χ0n) is 14.5. The Labute approximate surface area is 152 Å². The van der Waals surface area contributed by atoms with E-state index in [0.29, 0.717) is 5.56 Å². The van der Waals surface area contributed by atoms with Gasteiger partial charge in [0.15, 0.2) is 5.78 Å². The van der Waals surface area contributed by atoms with Crippen molar-refractivity contribution in [1.29, 1.82) is 0 Å². The molecule has 0 heterocycles. The van der Waals surface area contributed by atoms with Gasteiger partial charge in [-0.15, -0.1) is 0 Å². The lowest BCUT2D eigenvalue weighted by Crippen LogP contribution is -2.42. The molecule has 6 nitrogen and oxygen atoms in total. The van der Waals surface area contributed by atoms with Crippen LogP contribution in [0, 0.1) is 0 Å². The first-order valence-electron chi connectivity index (χ1n) is 8.23. The van der Waals surface area contributed by atoms with Crippen molar-refractivity contribution < 1.29 is 23.9 Å². The molecule has 0 aromatic heterocycles. The average Bonchev–Trinajstić information content (AvgIpc) is 2.70. The number of hydrogen-bond donors (Lipinski definition) is 1. The monoisotopic (exact) mass is 355 g/mol. The van der Waals surface area contributed by atoms with Crippen molar-refractivity contribution >= 4 is 17.8 Å². The lowest BCUT2D eigenvalue weighted by Gasteiger charge is -2.16. The Morgan fingerprint density at radius 1 is 0.962 bits per heavy atom. The van der Waals surface area contributed by atoms with Crippen LogP contribution >= 0.6 is 0 Å². The molecule has 0 bridgehead atoms. The molecule has 0 aliphatic heterocycles. The zero-order chi connectivity index (χ0) is 18.8. The molecule has 1 amide bonds. The van der Waals surface area contributed by atoms with Gasteiger partial charge in [0, 0.05) is 12.0 Å². The summed E-state index contributed by atoms with van der Waals surface area (Å²) in [6.45, 7) is 0.0868. The summed E-state index contributed by atoms with van der Waals surface area (Å²) in [5, 5.41) is 2.46. The molecule has 0 spiro atoms. The Kier molecular flexibility index (Phi) is 7.36. The molecule has 0 aliphatic rings. The van der Waals surface area contributed by atoms with Gasteiger partial charge in [-0.25, -0.2) is 9.59 Å². The first kappa shape index (κ1) is 19.2. The van der Waals surface area contributed by atoms with E-state index in [1.807, 2.05) is 36.4 Å². The van der Waals surface area contributed by atoms with E-state index < -0.39 is 18.1 Å². The Hall–Kier alpha value is -3.15. The van der Waals surface area contributed by atoms with E-state index in [1.165, 1.54) is 7.11 Å². The maximum atomic E-state index is 12.2. The summed E-state index contributed by atoms with van der Waals surface area (Å²) in [4.78, 5) is 36.0. The second-order valence-corrected chi connectivity index (χ2v) is 5.61. The van der Waals surface area contributed by atoms with Crippen molar-refractivity contribution in [2.45, 2.75) is 25.5 Å². The smallest absolute Gasteiger partial charge is 0.408 e. The number of nitrogens with one attached hydrogen (secondary N) is 1.